The van der Waals surface area contributed by atoms with E-state index in [0.29, 0.717) is 19.3 Å². The van der Waals surface area contributed by atoms with Crippen molar-refractivity contribution in [1.29, 1.82) is 0 Å². The summed E-state index contributed by atoms with van der Waals surface area (Å²) < 4.78 is 16.7. The van der Waals surface area contributed by atoms with Gasteiger partial charge in [0.15, 0.2) is 6.10 Å². The molecule has 1 atom stereocenters. The van der Waals surface area contributed by atoms with E-state index < -0.39 is 6.10 Å². The quantitative estimate of drug-likeness (QED) is 0.0264. The number of carbonyl (C=O) groups excluding carboxylic acids is 3. The lowest BCUT2D eigenvalue weighted by Crippen LogP contribution is -2.30. The maximum absolute atomic E-state index is 12.7. The van der Waals surface area contributed by atoms with Crippen molar-refractivity contribution in [3.63, 3.8) is 0 Å². The summed E-state index contributed by atoms with van der Waals surface area (Å²) in [6.45, 7) is 6.50. The highest BCUT2D eigenvalue weighted by molar-refractivity contribution is 5.71. The molecule has 0 aromatic rings. The highest BCUT2D eigenvalue weighted by atomic mass is 16.6. The lowest BCUT2D eigenvalue weighted by atomic mass is 10.0. The Labute approximate surface area is 353 Å². The molecule has 0 radical (unpaired) electrons. The number of allylic oxidation sites excluding steroid dienone is 6. The molecule has 0 fully saturated rings. The number of hydrogen-bond acceptors (Lipinski definition) is 6. The smallest absolute Gasteiger partial charge is 0.306 e. The molecule has 0 saturated heterocycles. The number of hydrogen-bond donors (Lipinski definition) is 0. The Morgan fingerprint density at radius 1 is 0.368 bits per heavy atom. The first kappa shape index (κ1) is 54.6. The van der Waals surface area contributed by atoms with Crippen LogP contribution in [0.2, 0.25) is 0 Å². The fourth-order valence-corrected chi connectivity index (χ4v) is 6.99. The van der Waals surface area contributed by atoms with Gasteiger partial charge in [0.25, 0.3) is 0 Å². The molecular formula is C51H92O6. The largest absolute Gasteiger partial charge is 0.462 e. The predicted octanol–water partition coefficient (Wildman–Crippen LogP) is 15.8. The third-order valence-electron chi connectivity index (χ3n) is 10.7. The van der Waals surface area contributed by atoms with Gasteiger partial charge >= 0.3 is 17.9 Å². The third-order valence-corrected chi connectivity index (χ3v) is 10.7. The van der Waals surface area contributed by atoms with Gasteiger partial charge in [-0.3, -0.25) is 14.4 Å². The van der Waals surface area contributed by atoms with Crippen molar-refractivity contribution in [2.24, 2.45) is 0 Å². The van der Waals surface area contributed by atoms with Gasteiger partial charge in [0.2, 0.25) is 0 Å². The van der Waals surface area contributed by atoms with Crippen LogP contribution in [0.15, 0.2) is 36.5 Å². The van der Waals surface area contributed by atoms with Gasteiger partial charge in [-0.05, 0) is 51.4 Å². The normalized spacial score (nSPS) is 12.3. The Morgan fingerprint density at radius 3 is 1.07 bits per heavy atom. The fourth-order valence-electron chi connectivity index (χ4n) is 6.99. The number of ether oxygens (including phenoxy) is 3. The Hall–Kier alpha value is -2.37. The molecule has 0 saturated carbocycles. The molecule has 0 bridgehead atoms. The molecule has 0 spiro atoms. The van der Waals surface area contributed by atoms with E-state index in [2.05, 4.69) is 57.2 Å². The molecule has 0 N–H and O–H groups in total. The summed E-state index contributed by atoms with van der Waals surface area (Å²) in [4.78, 5) is 37.8. The van der Waals surface area contributed by atoms with Crippen molar-refractivity contribution in [3.05, 3.63) is 36.5 Å². The lowest BCUT2D eigenvalue weighted by Gasteiger charge is -2.18. The minimum Gasteiger partial charge on any atom is -0.462 e. The highest BCUT2D eigenvalue weighted by Gasteiger charge is 2.19. The standard InChI is InChI=1S/C51H92O6/c1-4-7-10-13-16-19-22-24-25-26-28-29-32-35-38-41-44-50(53)56-47-48(46-55-49(52)43-40-37-34-31-21-18-15-12-9-6-3)57-51(54)45-42-39-36-33-30-27-23-20-17-14-11-8-5-2/h8,11,17,20,27,30,48H,4-7,9-10,12-16,18-19,21-26,28-29,31-47H2,1-3H3/b11-8-,20-17-,30-27-. The molecule has 0 heterocycles. The molecule has 6 nitrogen and oxygen atoms in total. The van der Waals surface area contributed by atoms with E-state index >= 15 is 0 Å². The molecule has 57 heavy (non-hydrogen) atoms. The zero-order chi connectivity index (χ0) is 41.5. The van der Waals surface area contributed by atoms with Crippen LogP contribution in [0.25, 0.3) is 0 Å². The molecule has 0 rings (SSSR count). The fraction of sp³-hybridized carbons (Fsp3) is 0.824. The summed E-state index contributed by atoms with van der Waals surface area (Å²) in [7, 11) is 0. The Balaban J connectivity index is 4.35. The average Bonchev–Trinajstić information content (AvgIpc) is 3.21. The predicted molar refractivity (Wildman–Crippen MR) is 242 cm³/mol. The van der Waals surface area contributed by atoms with E-state index in [-0.39, 0.29) is 31.1 Å². The monoisotopic (exact) mass is 801 g/mol. The van der Waals surface area contributed by atoms with Crippen LogP contribution in [0.3, 0.4) is 0 Å². The molecule has 0 aromatic carbocycles. The van der Waals surface area contributed by atoms with E-state index in [0.717, 1.165) is 83.5 Å². The number of rotatable bonds is 44. The van der Waals surface area contributed by atoms with Gasteiger partial charge in [-0.15, -0.1) is 0 Å². The zero-order valence-corrected chi connectivity index (χ0v) is 37.9. The van der Waals surface area contributed by atoms with E-state index in [1.54, 1.807) is 0 Å². The summed E-state index contributed by atoms with van der Waals surface area (Å²) in [6, 6.07) is 0. The lowest BCUT2D eigenvalue weighted by molar-refractivity contribution is -0.167. The van der Waals surface area contributed by atoms with Crippen LogP contribution in [-0.2, 0) is 28.6 Å². The van der Waals surface area contributed by atoms with Crippen LogP contribution < -0.4 is 0 Å². The van der Waals surface area contributed by atoms with E-state index in [1.165, 1.54) is 128 Å². The van der Waals surface area contributed by atoms with Crippen LogP contribution in [0, 0.1) is 0 Å². The molecule has 0 aliphatic heterocycles. The van der Waals surface area contributed by atoms with Crippen molar-refractivity contribution in [2.75, 3.05) is 13.2 Å². The SMILES string of the molecule is CC/C=C\C/C=C\C/C=C\CCCCCC(=O)OC(COC(=O)CCCCCCCCCCCC)COC(=O)CCCCCCCCCCCCCCCCCC. The molecule has 0 amide bonds. The maximum atomic E-state index is 12.7. The van der Waals surface area contributed by atoms with Gasteiger partial charge in [0.1, 0.15) is 13.2 Å². The molecule has 0 aliphatic rings. The summed E-state index contributed by atoms with van der Waals surface area (Å²) in [5.41, 5.74) is 0. The summed E-state index contributed by atoms with van der Waals surface area (Å²) >= 11 is 0. The van der Waals surface area contributed by atoms with E-state index in [1.807, 2.05) is 0 Å². The maximum Gasteiger partial charge on any atom is 0.306 e. The number of esters is 3. The van der Waals surface area contributed by atoms with Gasteiger partial charge in [0.05, 0.1) is 0 Å². The number of unbranched alkanes of at least 4 members (excludes halogenated alkanes) is 27. The van der Waals surface area contributed by atoms with Gasteiger partial charge in [-0.1, -0.05) is 218 Å². The first-order valence-corrected chi connectivity index (χ1v) is 24.5. The van der Waals surface area contributed by atoms with Crippen LogP contribution in [0.5, 0.6) is 0 Å². The second kappa shape index (κ2) is 46.3. The van der Waals surface area contributed by atoms with Crippen LogP contribution >= 0.6 is 0 Å². The van der Waals surface area contributed by atoms with Crippen LogP contribution in [-0.4, -0.2) is 37.2 Å². The Kier molecular flexibility index (Phi) is 44.4. The Morgan fingerprint density at radius 2 is 0.684 bits per heavy atom. The molecule has 6 heteroatoms. The van der Waals surface area contributed by atoms with Crippen molar-refractivity contribution in [3.8, 4) is 0 Å². The molecule has 1 unspecified atom stereocenters. The molecule has 332 valence electrons. The minimum absolute atomic E-state index is 0.0803. The summed E-state index contributed by atoms with van der Waals surface area (Å²) in [5, 5.41) is 0. The average molecular weight is 801 g/mol. The van der Waals surface area contributed by atoms with Crippen molar-refractivity contribution in [1.82, 2.24) is 0 Å². The second-order valence-electron chi connectivity index (χ2n) is 16.4. The topological polar surface area (TPSA) is 78.9 Å². The van der Waals surface area contributed by atoms with Gasteiger partial charge in [-0.25, -0.2) is 0 Å². The molecule has 0 aromatic heterocycles. The van der Waals surface area contributed by atoms with Gasteiger partial charge < -0.3 is 14.2 Å². The first-order valence-electron chi connectivity index (χ1n) is 24.5. The van der Waals surface area contributed by atoms with Crippen molar-refractivity contribution in [2.45, 2.75) is 258 Å². The van der Waals surface area contributed by atoms with Crippen LogP contribution in [0.1, 0.15) is 252 Å². The van der Waals surface area contributed by atoms with E-state index in [9.17, 15) is 14.4 Å². The first-order chi connectivity index (χ1) is 28.0. The third kappa shape index (κ3) is 44.6. The summed E-state index contributed by atoms with van der Waals surface area (Å²) in [6.07, 6.45) is 52.7. The zero-order valence-electron chi connectivity index (χ0n) is 37.9. The molecule has 0 aliphatic carbocycles. The molecular weight excluding hydrogens is 709 g/mol. The summed E-state index contributed by atoms with van der Waals surface area (Å²) in [5.74, 6) is -0.903. The van der Waals surface area contributed by atoms with Crippen molar-refractivity contribution < 1.29 is 28.6 Å². The van der Waals surface area contributed by atoms with Crippen LogP contribution in [0.4, 0.5) is 0 Å². The minimum atomic E-state index is -0.780. The highest BCUT2D eigenvalue weighted by Crippen LogP contribution is 2.15. The Bertz CT molecular complexity index is 969. The van der Waals surface area contributed by atoms with Gasteiger partial charge in [-0.2, -0.15) is 0 Å². The van der Waals surface area contributed by atoms with E-state index in [4.69, 9.17) is 14.2 Å². The second-order valence-corrected chi connectivity index (χ2v) is 16.4. The number of carbonyl (C=O) groups is 3. The van der Waals surface area contributed by atoms with Gasteiger partial charge in [0, 0.05) is 19.3 Å². The van der Waals surface area contributed by atoms with Crippen molar-refractivity contribution >= 4 is 17.9 Å².